The van der Waals surface area contributed by atoms with Crippen molar-refractivity contribution >= 4 is 30.0 Å². The van der Waals surface area contributed by atoms with Gasteiger partial charge in [-0.05, 0) is 180 Å². The highest BCUT2D eigenvalue weighted by molar-refractivity contribution is 5.87. The molecule has 4 aliphatic heterocycles. The van der Waals surface area contributed by atoms with Gasteiger partial charge in [-0.25, -0.2) is 0 Å². The minimum Gasteiger partial charge on any atom is -1.00 e. The molecule has 4 unspecified atom stereocenters. The van der Waals surface area contributed by atoms with E-state index in [4.69, 9.17) is 42.6 Å². The molecule has 0 amide bonds. The molecule has 7 aromatic rings. The molecule has 11 rings (SSSR count). The highest BCUT2D eigenvalue weighted by Gasteiger charge is 2.19. The number of para-hydroxylation sites is 1. The molecule has 4 saturated heterocycles. The average molecular weight is 1550 g/mol. The van der Waals surface area contributed by atoms with E-state index in [1.165, 1.54) is 216 Å². The molecule has 635 valence electrons. The van der Waals surface area contributed by atoms with Gasteiger partial charge in [0, 0.05) is 8.41 Å². The van der Waals surface area contributed by atoms with Gasteiger partial charge in [0.1, 0.15) is 28.7 Å². The summed E-state index contributed by atoms with van der Waals surface area (Å²) >= 11 is 0. The summed E-state index contributed by atoms with van der Waals surface area (Å²) in [6.45, 7) is 51.4. The fourth-order valence-electron chi connectivity index (χ4n) is 10.3. The molecule has 0 aliphatic carbocycles. The highest BCUT2D eigenvalue weighted by atomic mass is 16.6. The lowest BCUT2D eigenvalue weighted by molar-refractivity contribution is 0.307. The summed E-state index contributed by atoms with van der Waals surface area (Å²) in [5.41, 5.74) is 6.29. The molecule has 4 fully saturated rings. The summed E-state index contributed by atoms with van der Waals surface area (Å²) < 4.78 is 47.4. The monoisotopic (exact) mass is 1550 g/mol. The molecule has 0 bridgehead atoms. The first-order chi connectivity index (χ1) is 54.0. The van der Waals surface area contributed by atoms with E-state index in [9.17, 15) is 0 Å². The van der Waals surface area contributed by atoms with Gasteiger partial charge in [0.05, 0.1) is 83.9 Å². The number of fused-ring (bicyclic) bond motifs is 2. The van der Waals surface area contributed by atoms with Crippen molar-refractivity contribution in [3.05, 3.63) is 173 Å². The number of rotatable bonds is 38. The van der Waals surface area contributed by atoms with Gasteiger partial charge in [-0.15, -0.1) is 0 Å². The van der Waals surface area contributed by atoms with Crippen molar-refractivity contribution in [2.24, 2.45) is 0 Å². The lowest BCUT2D eigenvalue weighted by Gasteiger charge is -2.10. The largest absolute Gasteiger partial charge is 1.00 e. The maximum Gasteiger partial charge on any atom is 0.122 e. The van der Waals surface area contributed by atoms with Crippen LogP contribution in [0.15, 0.2) is 146 Å². The summed E-state index contributed by atoms with van der Waals surface area (Å²) in [7, 11) is 0. The SMILES string of the molecule is CC1CO1.CCC1CO1.CCC1CO1.CCC1CO1.CCCCCC.CCCCCCCC.CCCCCCCCCC.CCCCOc1ccc(C)cc1.CCCCOc1ccc2cc(C)ccc2c1.CCCCOc1ccc2ccccc2c1C.CCCCOc1cccc(C)c1.CCCCOc1ccccc1C.[2H-].[B]. The van der Waals surface area contributed by atoms with E-state index < -0.39 is 0 Å². The number of epoxide rings is 4. The molecule has 0 aromatic heterocycles. The molecule has 0 N–H and O–H groups in total. The Morgan fingerprint density at radius 3 is 1.02 bits per heavy atom. The first kappa shape index (κ1) is 108. The molecule has 10 heteroatoms. The Morgan fingerprint density at radius 1 is 0.286 bits per heavy atom. The molecule has 7 aromatic carbocycles. The molecule has 9 nitrogen and oxygen atoms in total. The number of unbranched alkanes of at least 4 members (excludes halogenated alkanes) is 20. The fourth-order valence-corrected chi connectivity index (χ4v) is 10.3. The summed E-state index contributed by atoms with van der Waals surface area (Å²) in [5, 5.41) is 5.10. The van der Waals surface area contributed by atoms with Crippen LogP contribution in [0.5, 0.6) is 28.7 Å². The van der Waals surface area contributed by atoms with Crippen LogP contribution in [0.4, 0.5) is 0 Å². The first-order valence-corrected chi connectivity index (χ1v) is 44.8. The standard InChI is InChI=1S/2C15H18O.3C11H16O.C10H22.C8H18.C6H14.3C4H8O.C3H6O.B.H/c1-3-4-9-16-15-8-7-13-10-12(2)5-6-14(13)11-15;1-3-4-11-16-15-10-9-13-7-5-6-8-14(13)12(15)2;1-3-4-9-12-11-7-5-10(2)6-8-11;1-3-4-9-12-11-8-6-5-7-10(11)2;1-3-4-8-12-11-7-5-6-10(2)9-11;1-3-5-7-9-10-8-6-4-2;1-3-5-7-8-6-4-2;1-3-5-6-4-2;3*1-2-4-3-5-4;1-3-2-4-3;;/h5-8,10-11H,3-4,9H2,1-2H3;5-10H,3-4,11H2,1-2H3;2*5-8H,3-4,9H2,1-2H3;5-7,9H,3-4,8H2,1-2H3;3-10H2,1-2H3;3-8H2,1-2H3;3-6H2,1-2H3;3*4H,2-3H2,1H3;3H,2H2,1H3;;/q;;;;;;;;;;;;;-1/i;;;;;;;;;;;;;1+1. The second kappa shape index (κ2) is 77.5. The van der Waals surface area contributed by atoms with E-state index in [-0.39, 0.29) is 9.84 Å². The number of aryl methyl sites for hydroxylation is 5. The Kier molecular flexibility index (Phi) is 74.8. The minimum absolute atomic E-state index is 0. The van der Waals surface area contributed by atoms with Crippen LogP contribution in [0.25, 0.3) is 21.5 Å². The van der Waals surface area contributed by atoms with Crippen LogP contribution in [0.1, 0.15) is 332 Å². The second-order valence-corrected chi connectivity index (χ2v) is 29.8. The maximum atomic E-state index is 5.79. The Hall–Kier alpha value is -6.04. The van der Waals surface area contributed by atoms with Crippen LogP contribution in [-0.4, -0.2) is 92.3 Å². The molecule has 0 spiro atoms. The van der Waals surface area contributed by atoms with Crippen LogP contribution >= 0.6 is 0 Å². The van der Waals surface area contributed by atoms with Crippen LogP contribution in [-0.2, 0) is 18.9 Å². The number of benzene rings is 7. The molecule has 0 saturated carbocycles. The van der Waals surface area contributed by atoms with Crippen molar-refractivity contribution in [3.8, 4) is 28.7 Å². The van der Waals surface area contributed by atoms with E-state index in [2.05, 4.69) is 242 Å². The zero-order chi connectivity index (χ0) is 82.0. The summed E-state index contributed by atoms with van der Waals surface area (Å²) in [6.07, 6.45) is 43.1. The summed E-state index contributed by atoms with van der Waals surface area (Å²) in [4.78, 5) is 0. The summed E-state index contributed by atoms with van der Waals surface area (Å²) in [5.74, 6) is 4.99. The Labute approximate surface area is 693 Å². The van der Waals surface area contributed by atoms with Gasteiger partial charge in [-0.3, -0.25) is 0 Å². The van der Waals surface area contributed by atoms with Crippen LogP contribution in [0, 0.1) is 34.6 Å². The fraction of sp³-hybridized carbons (Fsp3) is 0.627. The molecule has 3 radical (unpaired) electrons. The third-order valence-electron chi connectivity index (χ3n) is 18.5. The van der Waals surface area contributed by atoms with E-state index in [0.717, 1.165) is 120 Å². The van der Waals surface area contributed by atoms with E-state index in [0.29, 0.717) is 24.4 Å². The van der Waals surface area contributed by atoms with Gasteiger partial charge in [0.25, 0.3) is 0 Å². The maximum absolute atomic E-state index is 5.79. The van der Waals surface area contributed by atoms with Crippen molar-refractivity contribution in [1.29, 1.82) is 0 Å². The lowest BCUT2D eigenvalue weighted by Crippen LogP contribution is -1.98. The van der Waals surface area contributed by atoms with E-state index >= 15 is 0 Å². The van der Waals surface area contributed by atoms with Crippen molar-refractivity contribution in [2.75, 3.05) is 59.5 Å². The van der Waals surface area contributed by atoms with Crippen molar-refractivity contribution < 1.29 is 44.1 Å². The van der Waals surface area contributed by atoms with Crippen LogP contribution < -0.4 is 23.7 Å². The third-order valence-corrected chi connectivity index (χ3v) is 18.5. The molecular formula is C102H169BO9-. The second-order valence-electron chi connectivity index (χ2n) is 29.8. The van der Waals surface area contributed by atoms with Gasteiger partial charge in [-0.1, -0.05) is 353 Å². The number of hydrogen-bond acceptors (Lipinski definition) is 9. The predicted molar refractivity (Wildman–Crippen MR) is 492 cm³/mol. The Bertz CT molecular complexity index is 3090. The zero-order valence-electron chi connectivity index (χ0n) is 76.7. The van der Waals surface area contributed by atoms with Crippen LogP contribution in [0.3, 0.4) is 0 Å². The lowest BCUT2D eigenvalue weighted by atomic mass is 10.0. The first-order valence-electron chi connectivity index (χ1n) is 44.8. The molecule has 4 heterocycles. The highest BCUT2D eigenvalue weighted by Crippen LogP contribution is 2.28. The van der Waals surface area contributed by atoms with Crippen molar-refractivity contribution in [3.63, 3.8) is 0 Å². The number of ether oxygens (including phenoxy) is 9. The molecule has 112 heavy (non-hydrogen) atoms. The molecule has 4 aliphatic rings. The van der Waals surface area contributed by atoms with Crippen molar-refractivity contribution in [2.45, 2.75) is 362 Å². The Balaban J connectivity index is -0.00000119. The normalized spacial score (nSPS) is 14.3. The Morgan fingerprint density at radius 2 is 0.616 bits per heavy atom. The minimum atomic E-state index is 0. The van der Waals surface area contributed by atoms with Gasteiger partial charge in [-0.2, -0.15) is 0 Å². The number of hydrogen-bond donors (Lipinski definition) is 0. The van der Waals surface area contributed by atoms with Gasteiger partial charge < -0.3 is 44.1 Å². The smallest absolute Gasteiger partial charge is 0.122 e. The third kappa shape index (κ3) is 66.3. The van der Waals surface area contributed by atoms with Gasteiger partial charge in [0.2, 0.25) is 0 Å². The van der Waals surface area contributed by atoms with E-state index in [1.807, 2.05) is 42.5 Å². The van der Waals surface area contributed by atoms with Crippen LogP contribution in [0.2, 0.25) is 0 Å². The van der Waals surface area contributed by atoms with E-state index in [1.54, 1.807) is 0 Å². The predicted octanol–water partition coefficient (Wildman–Crippen LogP) is 30.8. The van der Waals surface area contributed by atoms with Gasteiger partial charge in [0.15, 0.2) is 0 Å². The molecule has 4 atom stereocenters. The summed E-state index contributed by atoms with van der Waals surface area (Å²) in [6, 6.07) is 49.9. The van der Waals surface area contributed by atoms with Gasteiger partial charge >= 0.3 is 0 Å². The average Bonchev–Trinajstić information content (AvgIpc) is 1.73. The zero-order valence-corrected chi connectivity index (χ0v) is 75.7. The topological polar surface area (TPSA) is 96.3 Å². The molecular weight excluding hydrogens is 1380 g/mol. The quantitative estimate of drug-likeness (QED) is 0.0213. The van der Waals surface area contributed by atoms with Crippen molar-refractivity contribution in [1.82, 2.24) is 0 Å².